The number of benzene rings is 2. The van der Waals surface area contributed by atoms with Crippen LogP contribution in [-0.4, -0.2) is 18.9 Å². The first-order valence-electron chi connectivity index (χ1n) is 6.39. The van der Waals surface area contributed by atoms with Crippen molar-refractivity contribution in [2.45, 2.75) is 6.92 Å². The molecule has 0 fully saturated rings. The molecule has 3 rings (SSSR count). The van der Waals surface area contributed by atoms with Gasteiger partial charge in [0.2, 0.25) is 0 Å². The minimum Gasteiger partial charge on any atom is -0.388 e. The first-order valence-corrected chi connectivity index (χ1v) is 6.39. The lowest BCUT2D eigenvalue weighted by Crippen LogP contribution is -2.29. The average Bonchev–Trinajstić information content (AvgIpc) is 2.71. The maximum absolute atomic E-state index is 12.5. The highest BCUT2D eigenvalue weighted by Crippen LogP contribution is 2.31. The molecule has 0 saturated heterocycles. The molecule has 0 atom stereocenters. The van der Waals surface area contributed by atoms with E-state index in [1.807, 2.05) is 25.1 Å². The standard InChI is InChI=1S/C16H14N2O2/c1-10-5-3-4-6-14(10)18-15(19)12-8-7-11(17-2)9-13(12)16(18)20/h3-9,17H,1-2H3. The Bertz CT molecular complexity index is 722. The smallest absolute Gasteiger partial charge is 0.266 e. The number of anilines is 2. The van der Waals surface area contributed by atoms with Crippen molar-refractivity contribution in [3.8, 4) is 0 Å². The fraction of sp³-hybridized carbons (Fsp3) is 0.125. The van der Waals surface area contributed by atoms with E-state index in [0.717, 1.165) is 11.3 Å². The Morgan fingerprint density at radius 2 is 1.65 bits per heavy atom. The zero-order chi connectivity index (χ0) is 14.3. The van der Waals surface area contributed by atoms with Crippen LogP contribution in [0.5, 0.6) is 0 Å². The quantitative estimate of drug-likeness (QED) is 0.850. The van der Waals surface area contributed by atoms with E-state index >= 15 is 0 Å². The predicted octanol–water partition coefficient (Wildman–Crippen LogP) is 2.84. The minimum absolute atomic E-state index is 0.262. The van der Waals surface area contributed by atoms with Gasteiger partial charge in [0.05, 0.1) is 16.8 Å². The number of aryl methyl sites for hydroxylation is 1. The van der Waals surface area contributed by atoms with E-state index in [1.165, 1.54) is 4.90 Å². The van der Waals surface area contributed by atoms with Crippen molar-refractivity contribution in [1.82, 2.24) is 0 Å². The number of imide groups is 1. The number of nitrogens with one attached hydrogen (secondary N) is 1. The highest BCUT2D eigenvalue weighted by molar-refractivity contribution is 6.34. The van der Waals surface area contributed by atoms with Crippen molar-refractivity contribution in [3.05, 3.63) is 59.2 Å². The van der Waals surface area contributed by atoms with E-state index in [0.29, 0.717) is 16.8 Å². The SMILES string of the molecule is CNc1ccc2c(c1)C(=O)N(c1ccccc1C)C2=O. The number of para-hydroxylation sites is 1. The monoisotopic (exact) mass is 266 g/mol. The third-order valence-electron chi connectivity index (χ3n) is 3.53. The molecule has 4 heteroatoms. The first kappa shape index (κ1) is 12.4. The molecule has 0 bridgehead atoms. The van der Waals surface area contributed by atoms with Crippen LogP contribution < -0.4 is 10.2 Å². The molecule has 2 aromatic rings. The number of rotatable bonds is 2. The molecule has 20 heavy (non-hydrogen) atoms. The topological polar surface area (TPSA) is 49.4 Å². The summed E-state index contributed by atoms with van der Waals surface area (Å²) < 4.78 is 0. The Hall–Kier alpha value is -2.62. The van der Waals surface area contributed by atoms with Crippen LogP contribution in [0.1, 0.15) is 26.3 Å². The predicted molar refractivity (Wildman–Crippen MR) is 78.3 cm³/mol. The Kier molecular flexibility index (Phi) is 2.79. The number of carbonyl (C=O) groups is 2. The fourth-order valence-electron chi connectivity index (χ4n) is 2.43. The minimum atomic E-state index is -0.267. The summed E-state index contributed by atoms with van der Waals surface area (Å²) in [4.78, 5) is 26.2. The summed E-state index contributed by atoms with van der Waals surface area (Å²) in [6.45, 7) is 1.89. The fourth-order valence-corrected chi connectivity index (χ4v) is 2.43. The first-order chi connectivity index (χ1) is 9.63. The number of hydrogen-bond donors (Lipinski definition) is 1. The van der Waals surface area contributed by atoms with Gasteiger partial charge in [0.1, 0.15) is 0 Å². The Morgan fingerprint density at radius 1 is 0.950 bits per heavy atom. The Balaban J connectivity index is 2.12. The number of carbonyl (C=O) groups excluding carboxylic acids is 2. The van der Waals surface area contributed by atoms with Gasteiger partial charge in [-0.1, -0.05) is 18.2 Å². The van der Waals surface area contributed by atoms with Crippen molar-refractivity contribution < 1.29 is 9.59 Å². The number of fused-ring (bicyclic) bond motifs is 1. The van der Waals surface area contributed by atoms with Crippen molar-refractivity contribution in [2.24, 2.45) is 0 Å². The number of hydrogen-bond acceptors (Lipinski definition) is 3. The van der Waals surface area contributed by atoms with Crippen LogP contribution in [0, 0.1) is 6.92 Å². The van der Waals surface area contributed by atoms with E-state index in [-0.39, 0.29) is 11.8 Å². The molecule has 4 nitrogen and oxygen atoms in total. The molecule has 1 aliphatic heterocycles. The molecular formula is C16H14N2O2. The van der Waals surface area contributed by atoms with Gasteiger partial charge in [0.25, 0.3) is 11.8 Å². The van der Waals surface area contributed by atoms with Crippen LogP contribution in [0.25, 0.3) is 0 Å². The zero-order valence-electron chi connectivity index (χ0n) is 11.3. The van der Waals surface area contributed by atoms with E-state index in [9.17, 15) is 9.59 Å². The van der Waals surface area contributed by atoms with Gasteiger partial charge in [-0.2, -0.15) is 0 Å². The second-order valence-electron chi connectivity index (χ2n) is 4.74. The van der Waals surface area contributed by atoms with E-state index in [2.05, 4.69) is 5.32 Å². The summed E-state index contributed by atoms with van der Waals surface area (Å²) in [5, 5.41) is 2.98. The molecule has 0 unspecified atom stereocenters. The normalized spacial score (nSPS) is 13.6. The van der Waals surface area contributed by atoms with Gasteiger partial charge in [-0.3, -0.25) is 9.59 Å². The lowest BCUT2D eigenvalue weighted by molar-refractivity contribution is 0.0926. The molecule has 0 saturated carbocycles. The molecule has 100 valence electrons. The van der Waals surface area contributed by atoms with E-state index in [4.69, 9.17) is 0 Å². The molecule has 0 aromatic heterocycles. The van der Waals surface area contributed by atoms with Crippen LogP contribution in [-0.2, 0) is 0 Å². The van der Waals surface area contributed by atoms with Crippen LogP contribution in [0.15, 0.2) is 42.5 Å². The van der Waals surface area contributed by atoms with Gasteiger partial charge < -0.3 is 5.32 Å². The van der Waals surface area contributed by atoms with Crippen molar-refractivity contribution in [2.75, 3.05) is 17.3 Å². The molecule has 1 N–H and O–H groups in total. The molecule has 2 aromatic carbocycles. The van der Waals surface area contributed by atoms with Crippen LogP contribution in [0.2, 0.25) is 0 Å². The molecular weight excluding hydrogens is 252 g/mol. The zero-order valence-corrected chi connectivity index (χ0v) is 11.3. The van der Waals surface area contributed by atoms with Gasteiger partial charge in [0.15, 0.2) is 0 Å². The largest absolute Gasteiger partial charge is 0.388 e. The summed E-state index contributed by atoms with van der Waals surface area (Å²) in [6, 6.07) is 12.6. The van der Waals surface area contributed by atoms with Crippen molar-refractivity contribution in [3.63, 3.8) is 0 Å². The van der Waals surface area contributed by atoms with Gasteiger partial charge in [-0.15, -0.1) is 0 Å². The molecule has 0 spiro atoms. The summed E-state index contributed by atoms with van der Waals surface area (Å²) in [5.74, 6) is -0.529. The maximum atomic E-state index is 12.5. The molecule has 0 radical (unpaired) electrons. The lowest BCUT2D eigenvalue weighted by atomic mass is 10.1. The summed E-state index contributed by atoms with van der Waals surface area (Å²) in [5.41, 5.74) is 3.26. The van der Waals surface area contributed by atoms with Gasteiger partial charge in [0, 0.05) is 12.7 Å². The second kappa shape index (κ2) is 4.49. The van der Waals surface area contributed by atoms with E-state index < -0.39 is 0 Å². The summed E-state index contributed by atoms with van der Waals surface area (Å²) >= 11 is 0. The Labute approximate surface area is 117 Å². The van der Waals surface area contributed by atoms with Gasteiger partial charge in [-0.25, -0.2) is 4.90 Å². The molecule has 1 aliphatic rings. The molecule has 1 heterocycles. The van der Waals surface area contributed by atoms with Crippen LogP contribution in [0.3, 0.4) is 0 Å². The van der Waals surface area contributed by atoms with Crippen LogP contribution >= 0.6 is 0 Å². The maximum Gasteiger partial charge on any atom is 0.266 e. The second-order valence-corrected chi connectivity index (χ2v) is 4.74. The number of nitrogens with zero attached hydrogens (tertiary/aromatic N) is 1. The summed E-state index contributed by atoms with van der Waals surface area (Å²) in [7, 11) is 1.78. The molecule has 0 aliphatic carbocycles. The van der Waals surface area contributed by atoms with Gasteiger partial charge >= 0.3 is 0 Å². The Morgan fingerprint density at radius 3 is 2.35 bits per heavy atom. The van der Waals surface area contributed by atoms with E-state index in [1.54, 1.807) is 31.3 Å². The highest BCUT2D eigenvalue weighted by Gasteiger charge is 2.37. The van der Waals surface area contributed by atoms with Gasteiger partial charge in [-0.05, 0) is 36.8 Å². The van der Waals surface area contributed by atoms with Crippen molar-refractivity contribution in [1.29, 1.82) is 0 Å². The number of amides is 2. The highest BCUT2D eigenvalue weighted by atomic mass is 16.2. The molecule has 2 amide bonds. The average molecular weight is 266 g/mol. The third-order valence-corrected chi connectivity index (χ3v) is 3.53. The van der Waals surface area contributed by atoms with Crippen molar-refractivity contribution >= 4 is 23.2 Å². The summed E-state index contributed by atoms with van der Waals surface area (Å²) in [6.07, 6.45) is 0. The third kappa shape index (κ3) is 1.69. The van der Waals surface area contributed by atoms with Crippen LogP contribution in [0.4, 0.5) is 11.4 Å². The lowest BCUT2D eigenvalue weighted by Gasteiger charge is -2.16.